The molecule has 1 aliphatic rings. The van der Waals surface area contributed by atoms with E-state index >= 15 is 0 Å². The van der Waals surface area contributed by atoms with E-state index in [9.17, 15) is 4.79 Å². The van der Waals surface area contributed by atoms with Crippen LogP contribution in [0.3, 0.4) is 0 Å². The summed E-state index contributed by atoms with van der Waals surface area (Å²) in [5, 5.41) is 0.539. The minimum atomic E-state index is 0. The van der Waals surface area contributed by atoms with Crippen molar-refractivity contribution in [1.82, 2.24) is 14.8 Å². The summed E-state index contributed by atoms with van der Waals surface area (Å²) < 4.78 is 5.63. The zero-order valence-electron chi connectivity index (χ0n) is 14.3. The van der Waals surface area contributed by atoms with Crippen LogP contribution in [0.5, 0.6) is 5.88 Å². The first-order chi connectivity index (χ1) is 11.2. The van der Waals surface area contributed by atoms with E-state index in [0.717, 1.165) is 45.8 Å². The summed E-state index contributed by atoms with van der Waals surface area (Å²) in [6, 6.07) is 3.71. The van der Waals surface area contributed by atoms with E-state index in [1.165, 1.54) is 4.90 Å². The summed E-state index contributed by atoms with van der Waals surface area (Å²) in [5.41, 5.74) is 0. The van der Waals surface area contributed by atoms with Gasteiger partial charge in [-0.1, -0.05) is 11.6 Å². The van der Waals surface area contributed by atoms with Gasteiger partial charge in [-0.05, 0) is 26.0 Å². The SMILES string of the molecule is CCN(CC)C(=O)N1CC[NH+](CCOc2ncccc2Cl)CC1.[Cl-]. The van der Waals surface area contributed by atoms with Gasteiger partial charge in [-0.25, -0.2) is 9.78 Å². The minimum Gasteiger partial charge on any atom is -1.00 e. The lowest BCUT2D eigenvalue weighted by Crippen LogP contribution is -3.15. The van der Waals surface area contributed by atoms with Crippen LogP contribution in [0.15, 0.2) is 18.3 Å². The van der Waals surface area contributed by atoms with Crippen molar-refractivity contribution in [3.63, 3.8) is 0 Å². The molecular weight excluding hydrogens is 351 g/mol. The molecule has 0 spiro atoms. The second kappa shape index (κ2) is 10.6. The number of nitrogens with zero attached hydrogens (tertiary/aromatic N) is 3. The molecule has 0 saturated carbocycles. The van der Waals surface area contributed by atoms with Gasteiger partial charge in [-0.3, -0.25) is 0 Å². The van der Waals surface area contributed by atoms with Crippen LogP contribution in [0.1, 0.15) is 13.8 Å². The third-order valence-electron chi connectivity index (χ3n) is 4.19. The monoisotopic (exact) mass is 376 g/mol. The number of nitrogens with one attached hydrogen (secondary N) is 1. The maximum Gasteiger partial charge on any atom is 0.320 e. The topological polar surface area (TPSA) is 50.1 Å². The molecular formula is C16H26Cl2N4O2. The van der Waals surface area contributed by atoms with Crippen LogP contribution in [0.2, 0.25) is 5.02 Å². The molecule has 0 atom stereocenters. The molecule has 0 aliphatic carbocycles. The van der Waals surface area contributed by atoms with Crippen molar-refractivity contribution < 1.29 is 26.8 Å². The predicted molar refractivity (Wildman–Crippen MR) is 90.2 cm³/mol. The predicted octanol–water partition coefficient (Wildman–Crippen LogP) is -2.22. The Bertz CT molecular complexity index is 507. The number of quaternary nitrogens is 1. The number of rotatable bonds is 6. The van der Waals surface area contributed by atoms with E-state index in [4.69, 9.17) is 16.3 Å². The quantitative estimate of drug-likeness (QED) is 0.611. The molecule has 2 rings (SSSR count). The van der Waals surface area contributed by atoms with Gasteiger partial charge < -0.3 is 31.8 Å². The number of ether oxygens (including phenoxy) is 1. The maximum absolute atomic E-state index is 12.3. The van der Waals surface area contributed by atoms with Crippen molar-refractivity contribution in [3.8, 4) is 5.88 Å². The number of pyridine rings is 1. The average molecular weight is 377 g/mol. The first-order valence-corrected chi connectivity index (χ1v) is 8.64. The number of urea groups is 1. The van der Waals surface area contributed by atoms with E-state index in [-0.39, 0.29) is 18.4 Å². The zero-order valence-corrected chi connectivity index (χ0v) is 15.8. The Balaban J connectivity index is 0.00000288. The van der Waals surface area contributed by atoms with E-state index in [0.29, 0.717) is 17.5 Å². The lowest BCUT2D eigenvalue weighted by molar-refractivity contribution is -0.904. The van der Waals surface area contributed by atoms with Crippen LogP contribution in [0.4, 0.5) is 4.79 Å². The second-order valence-electron chi connectivity index (χ2n) is 5.58. The first kappa shape index (κ1) is 20.8. The fourth-order valence-electron chi connectivity index (χ4n) is 2.73. The molecule has 6 nitrogen and oxygen atoms in total. The summed E-state index contributed by atoms with van der Waals surface area (Å²) in [6.45, 7) is 10.5. The van der Waals surface area contributed by atoms with E-state index in [2.05, 4.69) is 4.98 Å². The maximum atomic E-state index is 12.3. The van der Waals surface area contributed by atoms with Gasteiger partial charge in [0.25, 0.3) is 0 Å². The molecule has 1 N–H and O–H groups in total. The molecule has 1 saturated heterocycles. The Morgan fingerprint density at radius 3 is 2.62 bits per heavy atom. The van der Waals surface area contributed by atoms with Crippen LogP contribution in [0.25, 0.3) is 0 Å². The second-order valence-corrected chi connectivity index (χ2v) is 5.99. The molecule has 0 unspecified atom stereocenters. The summed E-state index contributed by atoms with van der Waals surface area (Å²) in [5.74, 6) is 0.490. The molecule has 1 aliphatic heterocycles. The normalized spacial score (nSPS) is 14.9. The van der Waals surface area contributed by atoms with E-state index in [1.807, 2.05) is 23.6 Å². The summed E-state index contributed by atoms with van der Waals surface area (Å²) in [6.07, 6.45) is 1.67. The number of halogens is 2. The highest BCUT2D eigenvalue weighted by Gasteiger charge is 2.25. The smallest absolute Gasteiger partial charge is 0.320 e. The average Bonchev–Trinajstić information content (AvgIpc) is 2.58. The van der Waals surface area contributed by atoms with Gasteiger partial charge in [0.1, 0.15) is 18.2 Å². The Kier molecular flexibility index (Phi) is 9.18. The van der Waals surface area contributed by atoms with Crippen LogP contribution in [0, 0.1) is 0 Å². The van der Waals surface area contributed by atoms with Gasteiger partial charge >= 0.3 is 6.03 Å². The lowest BCUT2D eigenvalue weighted by atomic mass is 10.3. The van der Waals surface area contributed by atoms with Gasteiger partial charge in [0.2, 0.25) is 5.88 Å². The molecule has 1 fully saturated rings. The standard InChI is InChI=1S/C16H25ClN4O2.ClH/c1-3-20(4-2)16(22)21-10-8-19(9-11-21)12-13-23-15-14(17)6-5-7-18-15;/h5-7H,3-4,8-13H2,1-2H3;1H. The Hall–Kier alpha value is -1.24. The summed E-state index contributed by atoms with van der Waals surface area (Å²) in [4.78, 5) is 21.7. The molecule has 136 valence electrons. The molecule has 0 bridgehead atoms. The Morgan fingerprint density at radius 2 is 2.04 bits per heavy atom. The van der Waals surface area contributed by atoms with Crippen molar-refractivity contribution >= 4 is 17.6 Å². The minimum absolute atomic E-state index is 0. The number of hydrogen-bond donors (Lipinski definition) is 1. The van der Waals surface area contributed by atoms with Crippen LogP contribution < -0.4 is 22.0 Å². The molecule has 1 aromatic rings. The highest BCUT2D eigenvalue weighted by Crippen LogP contribution is 2.19. The van der Waals surface area contributed by atoms with Crippen LogP contribution in [-0.2, 0) is 0 Å². The molecule has 1 aromatic heterocycles. The molecule has 2 heterocycles. The van der Waals surface area contributed by atoms with Crippen molar-refractivity contribution in [2.45, 2.75) is 13.8 Å². The van der Waals surface area contributed by atoms with Gasteiger partial charge in [-0.15, -0.1) is 0 Å². The third-order valence-corrected chi connectivity index (χ3v) is 4.48. The van der Waals surface area contributed by atoms with Crippen molar-refractivity contribution in [2.24, 2.45) is 0 Å². The molecule has 24 heavy (non-hydrogen) atoms. The van der Waals surface area contributed by atoms with Crippen molar-refractivity contribution in [2.75, 3.05) is 52.4 Å². The molecule has 2 amide bonds. The number of hydrogen-bond acceptors (Lipinski definition) is 3. The molecule has 0 aromatic carbocycles. The number of aromatic nitrogens is 1. The lowest BCUT2D eigenvalue weighted by Gasteiger charge is -2.35. The molecule has 0 radical (unpaired) electrons. The van der Waals surface area contributed by atoms with E-state index in [1.54, 1.807) is 18.3 Å². The Labute approximate surface area is 155 Å². The largest absolute Gasteiger partial charge is 1.00 e. The van der Waals surface area contributed by atoms with Gasteiger partial charge in [0.15, 0.2) is 0 Å². The third kappa shape index (κ3) is 5.69. The van der Waals surface area contributed by atoms with E-state index < -0.39 is 0 Å². The number of amides is 2. The number of piperazine rings is 1. The molecule has 8 heteroatoms. The van der Waals surface area contributed by atoms with Crippen molar-refractivity contribution in [1.29, 1.82) is 0 Å². The van der Waals surface area contributed by atoms with Gasteiger partial charge in [0.05, 0.1) is 26.2 Å². The number of carbonyl (C=O) groups excluding carboxylic acids is 1. The van der Waals surface area contributed by atoms with Gasteiger partial charge in [0, 0.05) is 19.3 Å². The highest BCUT2D eigenvalue weighted by molar-refractivity contribution is 6.31. The zero-order chi connectivity index (χ0) is 16.7. The summed E-state index contributed by atoms with van der Waals surface area (Å²) >= 11 is 6.01. The first-order valence-electron chi connectivity index (χ1n) is 8.26. The fourth-order valence-corrected chi connectivity index (χ4v) is 2.90. The van der Waals surface area contributed by atoms with Crippen LogP contribution >= 0.6 is 11.6 Å². The van der Waals surface area contributed by atoms with Crippen molar-refractivity contribution in [3.05, 3.63) is 23.4 Å². The fraction of sp³-hybridized carbons (Fsp3) is 0.625. The highest BCUT2D eigenvalue weighted by atomic mass is 35.5. The van der Waals surface area contributed by atoms with Crippen LogP contribution in [-0.4, -0.2) is 73.2 Å². The van der Waals surface area contributed by atoms with Gasteiger partial charge in [-0.2, -0.15) is 0 Å². The number of carbonyl (C=O) groups is 1. The Morgan fingerprint density at radius 1 is 1.38 bits per heavy atom. The summed E-state index contributed by atoms with van der Waals surface area (Å²) in [7, 11) is 0.